The van der Waals surface area contributed by atoms with Crippen LogP contribution in [0.4, 0.5) is 5.88 Å². The zero-order valence-corrected chi connectivity index (χ0v) is 9.73. The van der Waals surface area contributed by atoms with Gasteiger partial charge in [-0.05, 0) is 19.9 Å². The number of nitrogens with one attached hydrogen (secondary N) is 1. The standard InChI is InChI=1S/C10H15N3O4/c1-10(2,9(11)14)6-12-5-7-3-4-8(17-7)13(15)16/h3-4,12H,5-6H2,1-2H3,(H2,11,14). The number of hydrogen-bond donors (Lipinski definition) is 2. The number of hydrogen-bond acceptors (Lipinski definition) is 5. The van der Waals surface area contributed by atoms with Gasteiger partial charge in [-0.2, -0.15) is 0 Å². The fourth-order valence-electron chi connectivity index (χ4n) is 1.15. The Morgan fingerprint density at radius 3 is 2.71 bits per heavy atom. The van der Waals surface area contributed by atoms with Crippen LogP contribution in [-0.4, -0.2) is 17.4 Å². The van der Waals surface area contributed by atoms with E-state index >= 15 is 0 Å². The summed E-state index contributed by atoms with van der Waals surface area (Å²) in [6.45, 7) is 4.11. The lowest BCUT2D eigenvalue weighted by Crippen LogP contribution is -2.40. The number of carbonyl (C=O) groups is 1. The number of nitrogens with zero attached hydrogens (tertiary/aromatic N) is 1. The largest absolute Gasteiger partial charge is 0.433 e. The van der Waals surface area contributed by atoms with Crippen molar-refractivity contribution in [3.63, 3.8) is 0 Å². The van der Waals surface area contributed by atoms with Crippen molar-refractivity contribution >= 4 is 11.8 Å². The van der Waals surface area contributed by atoms with Crippen LogP contribution < -0.4 is 11.1 Å². The van der Waals surface area contributed by atoms with Crippen LogP contribution in [0.2, 0.25) is 0 Å². The van der Waals surface area contributed by atoms with Crippen molar-refractivity contribution in [1.82, 2.24) is 5.32 Å². The predicted octanol–water partition coefficient (Wildman–Crippen LogP) is 0.789. The van der Waals surface area contributed by atoms with E-state index in [4.69, 9.17) is 10.2 Å². The fraction of sp³-hybridized carbons (Fsp3) is 0.500. The highest BCUT2D eigenvalue weighted by Gasteiger charge is 2.24. The lowest BCUT2D eigenvalue weighted by molar-refractivity contribution is -0.402. The molecule has 17 heavy (non-hydrogen) atoms. The van der Waals surface area contributed by atoms with Crippen molar-refractivity contribution < 1.29 is 14.1 Å². The maximum Gasteiger partial charge on any atom is 0.433 e. The minimum atomic E-state index is -0.668. The zero-order valence-electron chi connectivity index (χ0n) is 9.73. The van der Waals surface area contributed by atoms with Gasteiger partial charge in [0.25, 0.3) is 0 Å². The van der Waals surface area contributed by atoms with Gasteiger partial charge in [-0.1, -0.05) is 0 Å². The monoisotopic (exact) mass is 241 g/mol. The molecule has 94 valence electrons. The topological polar surface area (TPSA) is 111 Å². The number of primary amides is 1. The predicted molar refractivity (Wildman–Crippen MR) is 60.0 cm³/mol. The van der Waals surface area contributed by atoms with E-state index in [1.165, 1.54) is 12.1 Å². The summed E-state index contributed by atoms with van der Waals surface area (Å²) in [6.07, 6.45) is 0. The summed E-state index contributed by atoms with van der Waals surface area (Å²) in [6, 6.07) is 2.80. The van der Waals surface area contributed by atoms with Gasteiger partial charge in [-0.3, -0.25) is 14.9 Å². The normalized spacial score (nSPS) is 11.4. The van der Waals surface area contributed by atoms with E-state index in [-0.39, 0.29) is 5.88 Å². The van der Waals surface area contributed by atoms with Gasteiger partial charge >= 0.3 is 5.88 Å². The average Bonchev–Trinajstić information content (AvgIpc) is 2.66. The molecule has 0 fully saturated rings. The molecule has 0 aromatic carbocycles. The minimum Gasteiger partial charge on any atom is -0.404 e. The van der Waals surface area contributed by atoms with Gasteiger partial charge in [-0.25, -0.2) is 0 Å². The van der Waals surface area contributed by atoms with Crippen LogP contribution in [0.15, 0.2) is 16.5 Å². The Morgan fingerprint density at radius 1 is 1.59 bits per heavy atom. The van der Waals surface area contributed by atoms with E-state index in [1.54, 1.807) is 13.8 Å². The van der Waals surface area contributed by atoms with Gasteiger partial charge in [0, 0.05) is 6.54 Å². The molecule has 0 saturated heterocycles. The second kappa shape index (κ2) is 4.96. The summed E-state index contributed by atoms with van der Waals surface area (Å²) in [4.78, 5) is 20.8. The van der Waals surface area contributed by atoms with Gasteiger partial charge in [0.2, 0.25) is 5.91 Å². The summed E-state index contributed by atoms with van der Waals surface area (Å²) >= 11 is 0. The van der Waals surface area contributed by atoms with Crippen molar-refractivity contribution in [2.24, 2.45) is 11.1 Å². The van der Waals surface area contributed by atoms with Gasteiger partial charge in [-0.15, -0.1) is 0 Å². The molecule has 1 aromatic heterocycles. The first-order valence-corrected chi connectivity index (χ1v) is 5.06. The van der Waals surface area contributed by atoms with Crippen LogP contribution in [0, 0.1) is 15.5 Å². The van der Waals surface area contributed by atoms with Gasteiger partial charge in [0.1, 0.15) is 10.7 Å². The molecule has 7 heteroatoms. The molecule has 1 aromatic rings. The first-order valence-electron chi connectivity index (χ1n) is 5.06. The highest BCUT2D eigenvalue weighted by molar-refractivity contribution is 5.80. The van der Waals surface area contributed by atoms with E-state index in [2.05, 4.69) is 5.32 Å². The van der Waals surface area contributed by atoms with Crippen molar-refractivity contribution in [3.8, 4) is 0 Å². The first kappa shape index (κ1) is 13.2. The molecule has 1 amide bonds. The average molecular weight is 241 g/mol. The Kier molecular flexibility index (Phi) is 3.84. The second-order valence-electron chi connectivity index (χ2n) is 4.35. The molecule has 1 heterocycles. The maximum absolute atomic E-state index is 11.0. The lowest BCUT2D eigenvalue weighted by atomic mass is 9.93. The molecule has 7 nitrogen and oxygen atoms in total. The summed E-state index contributed by atoms with van der Waals surface area (Å²) in [5, 5.41) is 13.3. The molecule has 0 aliphatic rings. The molecule has 0 atom stereocenters. The van der Waals surface area contributed by atoms with Crippen molar-refractivity contribution in [2.45, 2.75) is 20.4 Å². The Balaban J connectivity index is 2.46. The fourth-order valence-corrected chi connectivity index (χ4v) is 1.15. The molecule has 0 spiro atoms. The van der Waals surface area contributed by atoms with Crippen LogP contribution in [0.1, 0.15) is 19.6 Å². The van der Waals surface area contributed by atoms with E-state index in [9.17, 15) is 14.9 Å². The van der Waals surface area contributed by atoms with Gasteiger partial charge in [0.05, 0.1) is 18.0 Å². The Labute approximate surface area is 98.1 Å². The number of rotatable bonds is 6. The third kappa shape index (κ3) is 3.56. The smallest absolute Gasteiger partial charge is 0.404 e. The molecular formula is C10H15N3O4. The third-order valence-electron chi connectivity index (χ3n) is 2.36. The SMILES string of the molecule is CC(C)(CNCc1ccc([N+](=O)[O-])o1)C(N)=O. The van der Waals surface area contributed by atoms with Gasteiger partial charge < -0.3 is 15.5 Å². The zero-order chi connectivity index (χ0) is 13.1. The number of nitro groups is 1. The molecule has 0 bridgehead atoms. The first-order chi connectivity index (χ1) is 7.83. The minimum absolute atomic E-state index is 0.295. The van der Waals surface area contributed by atoms with Crippen LogP contribution >= 0.6 is 0 Å². The molecule has 0 saturated carbocycles. The molecule has 3 N–H and O–H groups in total. The molecular weight excluding hydrogens is 226 g/mol. The number of nitrogens with two attached hydrogens (primary N) is 1. The summed E-state index contributed by atoms with van der Waals surface area (Å²) in [5.74, 6) is -0.261. The van der Waals surface area contributed by atoms with Crippen LogP contribution in [0.3, 0.4) is 0 Å². The maximum atomic E-state index is 11.0. The Bertz CT molecular complexity index is 425. The molecule has 0 aliphatic heterocycles. The Hall–Kier alpha value is -1.89. The number of carbonyl (C=O) groups excluding carboxylic acids is 1. The summed E-state index contributed by atoms with van der Waals surface area (Å²) < 4.78 is 4.94. The third-order valence-corrected chi connectivity index (χ3v) is 2.36. The lowest BCUT2D eigenvalue weighted by Gasteiger charge is -2.20. The van der Waals surface area contributed by atoms with E-state index in [0.29, 0.717) is 18.8 Å². The van der Waals surface area contributed by atoms with E-state index in [1.807, 2.05) is 0 Å². The molecule has 0 unspecified atom stereocenters. The van der Waals surface area contributed by atoms with Crippen molar-refractivity contribution in [2.75, 3.05) is 6.54 Å². The van der Waals surface area contributed by atoms with Crippen molar-refractivity contribution in [1.29, 1.82) is 0 Å². The Morgan fingerprint density at radius 2 is 2.24 bits per heavy atom. The van der Waals surface area contributed by atoms with Crippen LogP contribution in [0.5, 0.6) is 0 Å². The van der Waals surface area contributed by atoms with Crippen LogP contribution in [0.25, 0.3) is 0 Å². The summed E-state index contributed by atoms with van der Waals surface area (Å²) in [7, 11) is 0. The molecule has 0 aliphatic carbocycles. The molecule has 0 radical (unpaired) electrons. The van der Waals surface area contributed by atoms with Crippen molar-refractivity contribution in [3.05, 3.63) is 28.0 Å². The quantitative estimate of drug-likeness (QED) is 0.564. The second-order valence-corrected chi connectivity index (χ2v) is 4.35. The molecule has 1 rings (SSSR count). The summed E-state index contributed by atoms with van der Waals surface area (Å²) in [5.41, 5.74) is 4.53. The van der Waals surface area contributed by atoms with E-state index in [0.717, 1.165) is 0 Å². The number of furan rings is 1. The number of amides is 1. The highest BCUT2D eigenvalue weighted by atomic mass is 16.6. The van der Waals surface area contributed by atoms with Crippen LogP contribution in [-0.2, 0) is 11.3 Å². The highest BCUT2D eigenvalue weighted by Crippen LogP contribution is 2.16. The van der Waals surface area contributed by atoms with Gasteiger partial charge in [0.15, 0.2) is 0 Å². The van der Waals surface area contributed by atoms with E-state index < -0.39 is 16.2 Å².